The van der Waals surface area contributed by atoms with Crippen molar-refractivity contribution < 1.29 is 14.7 Å². The lowest BCUT2D eigenvalue weighted by Crippen LogP contribution is -2.13. The van der Waals surface area contributed by atoms with Gasteiger partial charge in [0, 0.05) is 5.56 Å². The first-order valence-corrected chi connectivity index (χ1v) is 5.61. The van der Waals surface area contributed by atoms with Crippen LogP contribution < -0.4 is 0 Å². The van der Waals surface area contributed by atoms with Gasteiger partial charge in [0.25, 0.3) is 0 Å². The van der Waals surface area contributed by atoms with E-state index in [1.807, 2.05) is 0 Å². The number of Topliss-reactive ketones (excluding diaryl/α,β-unsaturated/α-hetero) is 1. The molecule has 0 spiro atoms. The topological polar surface area (TPSA) is 54.4 Å². The molecule has 15 heavy (non-hydrogen) atoms. The fourth-order valence-electron chi connectivity index (χ4n) is 1.33. The number of carbonyl (C=O) groups is 2. The largest absolute Gasteiger partial charge is 0.481 e. The molecule has 1 N–H and O–H groups in total. The zero-order valence-corrected chi connectivity index (χ0v) is 9.82. The molecule has 0 radical (unpaired) electrons. The highest BCUT2D eigenvalue weighted by atomic mass is 79.9. The number of carboxylic acids is 1. The van der Waals surface area contributed by atoms with Crippen LogP contribution in [0, 0.1) is 0 Å². The maximum Gasteiger partial charge on any atom is 0.310 e. The Labute approximate surface area is 96.2 Å². The van der Waals surface area contributed by atoms with Crippen molar-refractivity contribution >= 4 is 27.7 Å². The average Bonchev–Trinajstić information content (AvgIpc) is 2.27. The molecular formula is C11H11BrO3. The number of hydrogen-bond donors (Lipinski definition) is 1. The highest BCUT2D eigenvalue weighted by Gasteiger charge is 2.19. The molecule has 1 rings (SSSR count). The summed E-state index contributed by atoms with van der Waals surface area (Å²) in [5.41, 5.74) is 1.04. The summed E-state index contributed by atoms with van der Waals surface area (Å²) < 4.78 is 0. The Kier molecular flexibility index (Phi) is 4.03. The highest BCUT2D eigenvalue weighted by molar-refractivity contribution is 9.09. The van der Waals surface area contributed by atoms with Crippen molar-refractivity contribution in [2.45, 2.75) is 12.8 Å². The predicted octanol–water partition coefficient (Wildman–Crippen LogP) is 2.45. The molecule has 1 unspecified atom stereocenters. The Morgan fingerprint density at radius 1 is 1.40 bits per heavy atom. The lowest BCUT2D eigenvalue weighted by molar-refractivity contribution is -0.138. The maximum absolute atomic E-state index is 11.5. The first-order valence-electron chi connectivity index (χ1n) is 4.48. The van der Waals surface area contributed by atoms with Gasteiger partial charge in [0.2, 0.25) is 0 Å². The Hall–Kier alpha value is -1.16. The smallest absolute Gasteiger partial charge is 0.310 e. The van der Waals surface area contributed by atoms with Crippen LogP contribution in [-0.4, -0.2) is 22.2 Å². The van der Waals surface area contributed by atoms with E-state index < -0.39 is 11.9 Å². The first-order chi connectivity index (χ1) is 7.07. The molecule has 0 aromatic heterocycles. The zero-order chi connectivity index (χ0) is 11.4. The number of alkyl halides is 1. The van der Waals surface area contributed by atoms with Gasteiger partial charge in [-0.3, -0.25) is 9.59 Å². The number of halogens is 1. The molecule has 0 heterocycles. The number of rotatable bonds is 4. The lowest BCUT2D eigenvalue weighted by Gasteiger charge is -2.10. The van der Waals surface area contributed by atoms with Crippen LogP contribution in [0.2, 0.25) is 0 Å². The summed E-state index contributed by atoms with van der Waals surface area (Å²) in [6.45, 7) is 1.57. The van der Waals surface area contributed by atoms with Crippen molar-refractivity contribution in [1.82, 2.24) is 0 Å². The normalized spacial score (nSPS) is 12.1. The van der Waals surface area contributed by atoms with Crippen LogP contribution in [0.3, 0.4) is 0 Å². The minimum absolute atomic E-state index is 0.0984. The number of carboxylic acid groups (broad SMARTS) is 1. The molecule has 1 atom stereocenters. The van der Waals surface area contributed by atoms with Gasteiger partial charge in [-0.05, 0) is 12.5 Å². The molecule has 0 saturated carbocycles. The third kappa shape index (κ3) is 2.65. The van der Waals surface area contributed by atoms with E-state index in [4.69, 9.17) is 5.11 Å². The van der Waals surface area contributed by atoms with Crippen LogP contribution in [-0.2, 0) is 4.79 Å². The lowest BCUT2D eigenvalue weighted by atomic mass is 9.94. The number of ketones is 1. The number of aliphatic carboxylic acids is 1. The zero-order valence-electron chi connectivity index (χ0n) is 8.24. The van der Waals surface area contributed by atoms with Gasteiger partial charge >= 0.3 is 5.97 Å². The van der Waals surface area contributed by atoms with E-state index in [0.717, 1.165) is 0 Å². The molecule has 0 fully saturated rings. The van der Waals surface area contributed by atoms with Crippen molar-refractivity contribution in [2.75, 3.05) is 5.33 Å². The average molecular weight is 271 g/mol. The standard InChI is InChI=1S/C11H11BrO3/c1-7(11(14)15)8-4-2-3-5-9(8)10(13)6-12/h2-5,7H,6H2,1H3,(H,14,15). The molecule has 0 aliphatic heterocycles. The quantitative estimate of drug-likeness (QED) is 0.676. The van der Waals surface area contributed by atoms with Crippen molar-refractivity contribution in [3.05, 3.63) is 35.4 Å². The van der Waals surface area contributed by atoms with Gasteiger partial charge in [-0.15, -0.1) is 0 Å². The van der Waals surface area contributed by atoms with Crippen LogP contribution >= 0.6 is 15.9 Å². The van der Waals surface area contributed by atoms with Gasteiger partial charge in [-0.2, -0.15) is 0 Å². The summed E-state index contributed by atoms with van der Waals surface area (Å²) in [5, 5.41) is 9.10. The van der Waals surface area contributed by atoms with Gasteiger partial charge < -0.3 is 5.11 Å². The van der Waals surface area contributed by atoms with Gasteiger partial charge in [0.05, 0.1) is 11.2 Å². The second-order valence-electron chi connectivity index (χ2n) is 3.20. The molecule has 1 aromatic carbocycles. The van der Waals surface area contributed by atoms with E-state index in [1.54, 1.807) is 31.2 Å². The molecule has 80 valence electrons. The van der Waals surface area contributed by atoms with Crippen molar-refractivity contribution in [3.8, 4) is 0 Å². The summed E-state index contributed by atoms with van der Waals surface area (Å²) in [5.74, 6) is -1.69. The van der Waals surface area contributed by atoms with E-state index >= 15 is 0 Å². The van der Waals surface area contributed by atoms with Gasteiger partial charge in [-0.25, -0.2) is 0 Å². The number of benzene rings is 1. The summed E-state index contributed by atoms with van der Waals surface area (Å²) in [6, 6.07) is 6.79. The monoisotopic (exact) mass is 270 g/mol. The molecule has 3 nitrogen and oxygen atoms in total. The van der Waals surface area contributed by atoms with Crippen molar-refractivity contribution in [1.29, 1.82) is 0 Å². The van der Waals surface area contributed by atoms with E-state index in [2.05, 4.69) is 15.9 Å². The molecule has 0 aliphatic carbocycles. The van der Waals surface area contributed by atoms with Crippen LogP contribution in [0.4, 0.5) is 0 Å². The number of carbonyl (C=O) groups excluding carboxylic acids is 1. The fourth-order valence-corrected chi connectivity index (χ4v) is 1.64. The summed E-state index contributed by atoms with van der Waals surface area (Å²) in [6.07, 6.45) is 0. The molecule has 0 aliphatic rings. The van der Waals surface area contributed by atoms with E-state index in [9.17, 15) is 9.59 Å². The number of hydrogen-bond acceptors (Lipinski definition) is 2. The third-order valence-corrected chi connectivity index (χ3v) is 2.73. The SMILES string of the molecule is CC(C(=O)O)c1ccccc1C(=O)CBr. The summed E-state index contributed by atoms with van der Waals surface area (Å²) >= 11 is 3.07. The molecule has 0 saturated heterocycles. The Bertz CT molecular complexity index is 387. The second-order valence-corrected chi connectivity index (χ2v) is 3.76. The van der Waals surface area contributed by atoms with E-state index in [-0.39, 0.29) is 11.1 Å². The second kappa shape index (κ2) is 5.07. The molecule has 4 heteroatoms. The fraction of sp³-hybridized carbons (Fsp3) is 0.273. The molecular weight excluding hydrogens is 260 g/mol. The maximum atomic E-state index is 11.5. The summed E-state index contributed by atoms with van der Waals surface area (Å²) in [4.78, 5) is 22.4. The first kappa shape index (κ1) is 11.9. The molecule has 0 bridgehead atoms. The third-order valence-electron chi connectivity index (χ3n) is 2.22. The van der Waals surface area contributed by atoms with E-state index in [0.29, 0.717) is 11.1 Å². The van der Waals surface area contributed by atoms with Gasteiger partial charge in [-0.1, -0.05) is 40.2 Å². The summed E-state index contributed by atoms with van der Waals surface area (Å²) in [7, 11) is 0. The van der Waals surface area contributed by atoms with Crippen molar-refractivity contribution in [3.63, 3.8) is 0 Å². The van der Waals surface area contributed by atoms with Crippen LogP contribution in [0.15, 0.2) is 24.3 Å². The minimum Gasteiger partial charge on any atom is -0.481 e. The Morgan fingerprint density at radius 3 is 2.53 bits per heavy atom. The van der Waals surface area contributed by atoms with Crippen LogP contribution in [0.1, 0.15) is 28.8 Å². The predicted molar refractivity (Wildman–Crippen MR) is 60.6 cm³/mol. The van der Waals surface area contributed by atoms with E-state index in [1.165, 1.54) is 0 Å². The minimum atomic E-state index is -0.926. The highest BCUT2D eigenvalue weighted by Crippen LogP contribution is 2.20. The molecule has 0 amide bonds. The van der Waals surface area contributed by atoms with Gasteiger partial charge in [0.15, 0.2) is 5.78 Å². The molecule has 1 aromatic rings. The Morgan fingerprint density at radius 2 is 2.00 bits per heavy atom. The van der Waals surface area contributed by atoms with Gasteiger partial charge in [0.1, 0.15) is 0 Å². The van der Waals surface area contributed by atoms with Crippen LogP contribution in [0.5, 0.6) is 0 Å². The van der Waals surface area contributed by atoms with Crippen LogP contribution in [0.25, 0.3) is 0 Å². The Balaban J connectivity index is 3.17. The van der Waals surface area contributed by atoms with Crippen molar-refractivity contribution in [2.24, 2.45) is 0 Å².